The van der Waals surface area contributed by atoms with E-state index in [1.807, 2.05) is 27.7 Å². The predicted octanol–water partition coefficient (Wildman–Crippen LogP) is 3.77. The number of amides is 3. The second-order valence-electron chi connectivity index (χ2n) is 10.4. The van der Waals surface area contributed by atoms with Gasteiger partial charge in [0.25, 0.3) is 0 Å². The van der Waals surface area contributed by atoms with E-state index in [9.17, 15) is 19.5 Å². The molecule has 0 saturated heterocycles. The lowest BCUT2D eigenvalue weighted by molar-refractivity contribution is -0.143. The number of benzene rings is 1. The summed E-state index contributed by atoms with van der Waals surface area (Å²) in [4.78, 5) is 41.4. The number of alkyl carbamates (subject to hydrolysis) is 1. The van der Waals surface area contributed by atoms with Gasteiger partial charge in [0.15, 0.2) is 0 Å². The second-order valence-corrected chi connectivity index (χ2v) is 10.4. The van der Waals surface area contributed by atoms with Crippen molar-refractivity contribution >= 4 is 17.9 Å². The largest absolute Gasteiger partial charge is 0.444 e. The van der Waals surface area contributed by atoms with E-state index in [2.05, 4.69) is 16.6 Å². The molecule has 0 aliphatic carbocycles. The molecular formula is C28H43N3O5. The fourth-order valence-corrected chi connectivity index (χ4v) is 3.96. The number of nitrogens with one attached hydrogen (secondary N) is 2. The fraction of sp³-hybridized carbons (Fsp3) is 0.607. The van der Waals surface area contributed by atoms with Crippen LogP contribution in [-0.2, 0) is 14.3 Å². The van der Waals surface area contributed by atoms with Crippen LogP contribution in [0.4, 0.5) is 4.79 Å². The Labute approximate surface area is 216 Å². The monoisotopic (exact) mass is 501 g/mol. The molecule has 3 amide bonds. The van der Waals surface area contributed by atoms with Gasteiger partial charge in [-0.15, -0.1) is 6.42 Å². The number of ether oxygens (including phenoxy) is 1. The second kappa shape index (κ2) is 14.5. The molecule has 0 heterocycles. The SMILES string of the molecule is C#Cc1ccccc1C(C(=O)NC(C)CCC)N(CCO)C(=O)C(CC(C)C)NC(=O)OC(C)(C)C. The molecule has 0 spiro atoms. The highest BCUT2D eigenvalue weighted by atomic mass is 16.6. The number of hydrogen-bond donors (Lipinski definition) is 3. The molecule has 8 heteroatoms. The zero-order valence-electron chi connectivity index (χ0n) is 22.8. The number of aliphatic hydroxyl groups excluding tert-OH is 1. The van der Waals surface area contributed by atoms with Crippen LogP contribution in [0.1, 0.15) is 84.9 Å². The molecule has 0 saturated carbocycles. The Morgan fingerprint density at radius 3 is 2.31 bits per heavy atom. The minimum absolute atomic E-state index is 0.0553. The van der Waals surface area contributed by atoms with Crippen LogP contribution < -0.4 is 10.6 Å². The van der Waals surface area contributed by atoms with Crippen LogP contribution >= 0.6 is 0 Å². The highest BCUT2D eigenvalue weighted by molar-refractivity contribution is 5.92. The molecule has 0 bridgehead atoms. The van der Waals surface area contributed by atoms with E-state index in [1.165, 1.54) is 4.90 Å². The summed E-state index contributed by atoms with van der Waals surface area (Å²) < 4.78 is 5.37. The first-order valence-electron chi connectivity index (χ1n) is 12.6. The summed E-state index contributed by atoms with van der Waals surface area (Å²) in [5.74, 6) is 1.75. The summed E-state index contributed by atoms with van der Waals surface area (Å²) >= 11 is 0. The van der Waals surface area contributed by atoms with E-state index in [1.54, 1.807) is 45.0 Å². The van der Waals surface area contributed by atoms with E-state index < -0.39 is 35.6 Å². The van der Waals surface area contributed by atoms with Gasteiger partial charge in [-0.1, -0.05) is 51.3 Å². The first-order valence-corrected chi connectivity index (χ1v) is 12.6. The molecule has 3 atom stereocenters. The van der Waals surface area contributed by atoms with Crippen LogP contribution in [0, 0.1) is 18.3 Å². The Morgan fingerprint density at radius 1 is 1.14 bits per heavy atom. The molecule has 36 heavy (non-hydrogen) atoms. The molecule has 0 radical (unpaired) electrons. The summed E-state index contributed by atoms with van der Waals surface area (Å²) in [6, 6.07) is 4.74. The third-order valence-electron chi connectivity index (χ3n) is 5.40. The first kappa shape index (κ1) is 31.0. The molecule has 8 nitrogen and oxygen atoms in total. The third-order valence-corrected chi connectivity index (χ3v) is 5.40. The van der Waals surface area contributed by atoms with Gasteiger partial charge in [-0.05, 0) is 58.1 Å². The number of carbonyl (C=O) groups is 3. The van der Waals surface area contributed by atoms with Crippen molar-refractivity contribution in [1.29, 1.82) is 0 Å². The predicted molar refractivity (Wildman–Crippen MR) is 141 cm³/mol. The molecule has 3 N–H and O–H groups in total. The first-order chi connectivity index (χ1) is 16.8. The van der Waals surface area contributed by atoms with Crippen molar-refractivity contribution in [3.63, 3.8) is 0 Å². The maximum Gasteiger partial charge on any atom is 0.408 e. The van der Waals surface area contributed by atoms with Gasteiger partial charge in [-0.3, -0.25) is 9.59 Å². The number of nitrogens with zero attached hydrogens (tertiary/aromatic N) is 1. The van der Waals surface area contributed by atoms with Crippen LogP contribution in [0.5, 0.6) is 0 Å². The molecule has 1 aromatic carbocycles. The van der Waals surface area contributed by atoms with Crippen molar-refractivity contribution in [2.24, 2.45) is 5.92 Å². The number of rotatable bonds is 12. The highest BCUT2D eigenvalue weighted by Crippen LogP contribution is 2.26. The minimum atomic E-state index is -1.09. The molecule has 0 aliphatic rings. The topological polar surface area (TPSA) is 108 Å². The number of terminal acetylenes is 1. The van der Waals surface area contributed by atoms with Gasteiger partial charge in [-0.2, -0.15) is 0 Å². The van der Waals surface area contributed by atoms with Crippen LogP contribution in [0.25, 0.3) is 0 Å². The van der Waals surface area contributed by atoms with Crippen molar-refractivity contribution in [2.75, 3.05) is 13.2 Å². The van der Waals surface area contributed by atoms with Gasteiger partial charge in [0, 0.05) is 18.2 Å². The lowest BCUT2D eigenvalue weighted by Gasteiger charge is -2.35. The van der Waals surface area contributed by atoms with Crippen molar-refractivity contribution in [3.8, 4) is 12.3 Å². The standard InChI is InChI=1S/C28H43N3O5/c1-9-13-20(5)29-25(33)24(22-15-12-11-14-21(22)10-2)31(16-17-32)26(34)23(18-19(3)4)30-27(35)36-28(6,7)8/h2,11-12,14-15,19-20,23-24,32H,9,13,16-18H2,1,3-8H3,(H,29,33)(H,30,35). The number of hydrogen-bond acceptors (Lipinski definition) is 5. The molecule has 0 fully saturated rings. The molecule has 1 rings (SSSR count). The summed E-state index contributed by atoms with van der Waals surface area (Å²) in [7, 11) is 0. The summed E-state index contributed by atoms with van der Waals surface area (Å²) in [6.45, 7) is 12.5. The Bertz CT molecular complexity index is 916. The smallest absolute Gasteiger partial charge is 0.408 e. The zero-order chi connectivity index (χ0) is 27.5. The lowest BCUT2D eigenvalue weighted by Crippen LogP contribution is -2.54. The Hall–Kier alpha value is -3.05. The molecule has 200 valence electrons. The van der Waals surface area contributed by atoms with Gasteiger partial charge >= 0.3 is 6.09 Å². The maximum atomic E-state index is 13.9. The molecule has 3 unspecified atom stereocenters. The van der Waals surface area contributed by atoms with Crippen molar-refractivity contribution in [3.05, 3.63) is 35.4 Å². The molecule has 0 aromatic heterocycles. The maximum absolute atomic E-state index is 13.9. The normalized spacial score (nSPS) is 13.8. The van der Waals surface area contributed by atoms with E-state index in [0.717, 1.165) is 12.8 Å². The minimum Gasteiger partial charge on any atom is -0.444 e. The van der Waals surface area contributed by atoms with E-state index in [0.29, 0.717) is 17.5 Å². The highest BCUT2D eigenvalue weighted by Gasteiger charge is 2.37. The summed E-state index contributed by atoms with van der Waals surface area (Å²) in [6.07, 6.45) is 6.96. The lowest BCUT2D eigenvalue weighted by atomic mass is 9.96. The zero-order valence-corrected chi connectivity index (χ0v) is 22.8. The van der Waals surface area contributed by atoms with Crippen LogP contribution in [0.15, 0.2) is 24.3 Å². The van der Waals surface area contributed by atoms with Crippen molar-refractivity contribution in [1.82, 2.24) is 15.5 Å². The van der Waals surface area contributed by atoms with E-state index >= 15 is 0 Å². The van der Waals surface area contributed by atoms with E-state index in [-0.39, 0.29) is 25.1 Å². The van der Waals surface area contributed by atoms with Crippen molar-refractivity contribution in [2.45, 2.75) is 91.5 Å². The summed E-state index contributed by atoms with van der Waals surface area (Å²) in [5.41, 5.74) is 0.199. The molecular weight excluding hydrogens is 458 g/mol. The van der Waals surface area contributed by atoms with Crippen molar-refractivity contribution < 1.29 is 24.2 Å². The Morgan fingerprint density at radius 2 is 1.78 bits per heavy atom. The van der Waals surface area contributed by atoms with Crippen LogP contribution in [-0.4, -0.2) is 58.8 Å². The van der Waals surface area contributed by atoms with Crippen LogP contribution in [0.2, 0.25) is 0 Å². The summed E-state index contributed by atoms with van der Waals surface area (Å²) in [5, 5.41) is 15.5. The number of aliphatic hydroxyl groups is 1. The van der Waals surface area contributed by atoms with Gasteiger partial charge < -0.3 is 25.4 Å². The van der Waals surface area contributed by atoms with Gasteiger partial charge in [0.1, 0.15) is 17.7 Å². The average Bonchev–Trinajstić information content (AvgIpc) is 2.76. The Kier molecular flexibility index (Phi) is 12.5. The van der Waals surface area contributed by atoms with E-state index in [4.69, 9.17) is 11.2 Å². The number of carbonyl (C=O) groups excluding carboxylic acids is 3. The van der Waals surface area contributed by atoms with Gasteiger partial charge in [-0.25, -0.2) is 4.79 Å². The van der Waals surface area contributed by atoms with Crippen LogP contribution in [0.3, 0.4) is 0 Å². The third kappa shape index (κ3) is 9.90. The van der Waals surface area contributed by atoms with Gasteiger partial charge in [0.05, 0.1) is 6.61 Å². The van der Waals surface area contributed by atoms with Gasteiger partial charge in [0.2, 0.25) is 11.8 Å². The average molecular weight is 502 g/mol. The Balaban J connectivity index is 3.52. The molecule has 0 aliphatic heterocycles. The fourth-order valence-electron chi connectivity index (χ4n) is 3.96. The quantitative estimate of drug-likeness (QED) is 0.378. The molecule has 1 aromatic rings.